The van der Waals surface area contributed by atoms with Gasteiger partial charge in [0.2, 0.25) is 0 Å². The maximum absolute atomic E-state index is 12.6. The zero-order valence-electron chi connectivity index (χ0n) is 28.9. The molecule has 10 heteroatoms. The van der Waals surface area contributed by atoms with E-state index in [1.54, 1.807) is 30.4 Å². The lowest BCUT2D eigenvalue weighted by molar-refractivity contribution is 0.0285. The molecule has 1 aliphatic rings. The highest BCUT2D eigenvalue weighted by Gasteiger charge is 2.21. The Morgan fingerprint density at radius 2 is 1.85 bits per heavy atom. The first-order chi connectivity index (χ1) is 22.5. The van der Waals surface area contributed by atoms with Crippen LogP contribution in [0.2, 0.25) is 0 Å². The third-order valence-electron chi connectivity index (χ3n) is 8.26. The minimum atomic E-state index is -0.544. The van der Waals surface area contributed by atoms with E-state index in [-0.39, 0.29) is 12.1 Å². The minimum Gasteiger partial charge on any atom is -0.493 e. The van der Waals surface area contributed by atoms with Crippen LogP contribution in [0, 0.1) is 6.92 Å². The largest absolute Gasteiger partial charge is 0.493 e. The molecule has 1 fully saturated rings. The van der Waals surface area contributed by atoms with Crippen LogP contribution in [-0.2, 0) is 11.3 Å². The van der Waals surface area contributed by atoms with Crippen LogP contribution >= 0.6 is 11.3 Å². The number of thiophene rings is 1. The zero-order valence-corrected chi connectivity index (χ0v) is 29.7. The number of amides is 1. The van der Waals surface area contributed by atoms with Crippen molar-refractivity contribution in [2.24, 2.45) is 0 Å². The molecule has 0 aliphatic carbocycles. The van der Waals surface area contributed by atoms with Gasteiger partial charge in [0.15, 0.2) is 11.5 Å². The number of hydrogen-bond acceptors (Lipinski definition) is 9. The van der Waals surface area contributed by atoms with Gasteiger partial charge in [0.05, 0.1) is 25.3 Å². The Bertz CT molecular complexity index is 1660. The van der Waals surface area contributed by atoms with E-state index in [9.17, 15) is 4.79 Å². The van der Waals surface area contributed by atoms with Crippen LogP contribution in [0.15, 0.2) is 47.8 Å². The summed E-state index contributed by atoms with van der Waals surface area (Å²) < 4.78 is 17.5. The molecule has 5 rings (SSSR count). The molecular weight excluding hydrogens is 611 g/mol. The van der Waals surface area contributed by atoms with Gasteiger partial charge < -0.3 is 29.3 Å². The number of anilines is 1. The summed E-state index contributed by atoms with van der Waals surface area (Å²) in [4.78, 5) is 27.5. The molecule has 0 radical (unpaired) electrons. The first-order valence-corrected chi connectivity index (χ1v) is 17.5. The fourth-order valence-corrected chi connectivity index (χ4v) is 6.80. The Kier molecular flexibility index (Phi) is 11.2. The highest BCUT2D eigenvalue weighted by molar-refractivity contribution is 7.10. The van der Waals surface area contributed by atoms with Crippen molar-refractivity contribution in [1.82, 2.24) is 19.8 Å². The first-order valence-electron chi connectivity index (χ1n) is 16.6. The number of nitrogens with zero attached hydrogens (tertiary/aromatic N) is 4. The first kappa shape index (κ1) is 34.4. The van der Waals surface area contributed by atoms with Gasteiger partial charge in [-0.15, -0.1) is 11.3 Å². The third kappa shape index (κ3) is 9.14. The van der Waals surface area contributed by atoms with Crippen LogP contribution in [0.3, 0.4) is 0 Å². The van der Waals surface area contributed by atoms with Gasteiger partial charge in [-0.1, -0.05) is 30.7 Å². The Morgan fingerprint density at radius 1 is 1.09 bits per heavy atom. The lowest BCUT2D eigenvalue weighted by atomic mass is 10.0. The van der Waals surface area contributed by atoms with Crippen molar-refractivity contribution in [3.63, 3.8) is 0 Å². The lowest BCUT2D eigenvalue weighted by Crippen LogP contribution is -2.33. The fraction of sp³-hybridized carbons (Fsp3) is 0.486. The van der Waals surface area contributed by atoms with Crippen molar-refractivity contribution < 1.29 is 19.0 Å². The number of fused-ring (bicyclic) bond motifs is 1. The number of benzene rings is 2. The van der Waals surface area contributed by atoms with Crippen LogP contribution in [0.4, 0.5) is 10.6 Å². The quantitative estimate of drug-likeness (QED) is 0.152. The molecule has 3 heterocycles. The highest BCUT2D eigenvalue weighted by atomic mass is 32.1. The van der Waals surface area contributed by atoms with Gasteiger partial charge in [-0.25, -0.2) is 14.8 Å². The lowest BCUT2D eigenvalue weighted by Gasteiger charge is -2.26. The number of aromatic nitrogens is 2. The summed E-state index contributed by atoms with van der Waals surface area (Å²) >= 11 is 1.70. The number of hydrogen-bond donors (Lipinski definition) is 1. The molecule has 1 atom stereocenters. The molecule has 0 saturated carbocycles. The number of aryl methyl sites for hydroxylation is 1. The van der Waals surface area contributed by atoms with Crippen molar-refractivity contribution in [3.05, 3.63) is 64.1 Å². The molecule has 2 aromatic carbocycles. The monoisotopic (exact) mass is 659 g/mol. The number of likely N-dealkylation sites (tertiary alicyclic amines) is 1. The summed E-state index contributed by atoms with van der Waals surface area (Å²) in [7, 11) is 3.44. The number of piperidine rings is 1. The van der Waals surface area contributed by atoms with E-state index in [1.165, 1.54) is 37.2 Å². The topological polar surface area (TPSA) is 89.0 Å². The third-order valence-corrected chi connectivity index (χ3v) is 9.37. The fourth-order valence-electron chi connectivity index (χ4n) is 5.89. The molecule has 252 valence electrons. The van der Waals surface area contributed by atoms with Crippen molar-refractivity contribution in [2.75, 3.05) is 45.7 Å². The number of nitrogens with one attached hydrogen (secondary N) is 1. The molecule has 1 amide bonds. The van der Waals surface area contributed by atoms with Crippen molar-refractivity contribution in [2.45, 2.75) is 78.5 Å². The molecule has 2 aromatic heterocycles. The van der Waals surface area contributed by atoms with Gasteiger partial charge in [0, 0.05) is 36.5 Å². The Labute approximate surface area is 283 Å². The van der Waals surface area contributed by atoms with Crippen LogP contribution < -0.4 is 14.8 Å². The van der Waals surface area contributed by atoms with Crippen LogP contribution in [-0.4, -0.2) is 71.9 Å². The second-order valence-electron chi connectivity index (χ2n) is 13.3. The summed E-state index contributed by atoms with van der Waals surface area (Å²) in [6, 6.07) is 14.3. The number of rotatable bonds is 12. The normalized spacial score (nSPS) is 14.5. The predicted molar refractivity (Wildman–Crippen MR) is 191 cm³/mol. The maximum atomic E-state index is 12.6. The second kappa shape index (κ2) is 15.3. The molecule has 47 heavy (non-hydrogen) atoms. The van der Waals surface area contributed by atoms with Crippen molar-refractivity contribution in [3.8, 4) is 22.6 Å². The Morgan fingerprint density at radius 3 is 2.60 bits per heavy atom. The average molecular weight is 660 g/mol. The van der Waals surface area contributed by atoms with Crippen LogP contribution in [0.25, 0.3) is 22.0 Å². The highest BCUT2D eigenvalue weighted by Crippen LogP contribution is 2.37. The summed E-state index contributed by atoms with van der Waals surface area (Å²) in [6.07, 6.45) is 4.57. The molecule has 4 aromatic rings. The van der Waals surface area contributed by atoms with Gasteiger partial charge >= 0.3 is 6.09 Å². The molecule has 1 saturated heterocycles. The number of methoxy groups -OCH3 is 1. The summed E-state index contributed by atoms with van der Waals surface area (Å²) in [5.41, 5.74) is 3.53. The molecular formula is C37H49N5O4S. The standard InChI is InChI=1S/C37H49N5O4S/c1-25(34-20-28(24-47-34)29-15-10-9-14-27(29)23-41(6)36(43)46-37(3,4)5)38-35-30-21-32(44-7)33(22-31(30)39-26(2)40-35)45-19-13-18-42-16-11-8-12-17-42/h9-10,14-15,20-22,24-25H,8,11-13,16-19,23H2,1-7H3,(H,38,39,40)/t25-/m1/s1. The zero-order chi connectivity index (χ0) is 33.6. The van der Waals surface area contributed by atoms with E-state index >= 15 is 0 Å². The van der Waals surface area contributed by atoms with E-state index in [4.69, 9.17) is 24.2 Å². The molecule has 0 spiro atoms. The van der Waals surface area contributed by atoms with Crippen molar-refractivity contribution >= 4 is 34.2 Å². The van der Waals surface area contributed by atoms with Crippen LogP contribution in [0.1, 0.15) is 75.7 Å². The molecule has 1 N–H and O–H groups in total. The summed E-state index contributed by atoms with van der Waals surface area (Å²) in [5.74, 6) is 2.81. The van der Waals surface area contributed by atoms with Gasteiger partial charge in [-0.05, 0) is 101 Å². The molecule has 0 bridgehead atoms. The van der Waals surface area contributed by atoms with E-state index in [0.717, 1.165) is 46.4 Å². The number of carbonyl (C=O) groups is 1. The summed E-state index contributed by atoms with van der Waals surface area (Å²) in [5, 5.41) is 6.69. The van der Waals surface area contributed by atoms with Gasteiger partial charge in [0.25, 0.3) is 0 Å². The van der Waals surface area contributed by atoms with Gasteiger partial charge in [-0.3, -0.25) is 0 Å². The van der Waals surface area contributed by atoms with Gasteiger partial charge in [-0.2, -0.15) is 0 Å². The SMILES string of the molecule is COc1cc2c(N[C@H](C)c3cc(-c4ccccc4CN(C)C(=O)OC(C)(C)C)cs3)nc(C)nc2cc1OCCCN1CCCCC1. The number of carbonyl (C=O) groups excluding carboxylic acids is 1. The average Bonchev–Trinajstić information content (AvgIpc) is 3.53. The predicted octanol–water partition coefficient (Wildman–Crippen LogP) is 8.47. The van der Waals surface area contributed by atoms with E-state index in [1.807, 2.05) is 52.0 Å². The Hall–Kier alpha value is -3.89. The molecule has 1 aliphatic heterocycles. The van der Waals surface area contributed by atoms with E-state index in [2.05, 4.69) is 40.7 Å². The van der Waals surface area contributed by atoms with Crippen molar-refractivity contribution in [1.29, 1.82) is 0 Å². The van der Waals surface area contributed by atoms with E-state index in [0.29, 0.717) is 30.5 Å². The second-order valence-corrected chi connectivity index (χ2v) is 14.3. The minimum absolute atomic E-state index is 0.0143. The van der Waals surface area contributed by atoms with Crippen LogP contribution in [0.5, 0.6) is 11.5 Å². The maximum Gasteiger partial charge on any atom is 0.410 e. The molecule has 9 nitrogen and oxygen atoms in total. The smallest absolute Gasteiger partial charge is 0.410 e. The summed E-state index contributed by atoms with van der Waals surface area (Å²) in [6.45, 7) is 14.2. The number of ether oxygens (including phenoxy) is 3. The Balaban J connectivity index is 1.29. The molecule has 0 unspecified atom stereocenters. The van der Waals surface area contributed by atoms with Gasteiger partial charge in [0.1, 0.15) is 17.2 Å². The van der Waals surface area contributed by atoms with E-state index < -0.39 is 5.60 Å².